The van der Waals surface area contributed by atoms with Crippen molar-refractivity contribution >= 4 is 5.95 Å². The lowest BCUT2D eigenvalue weighted by Gasteiger charge is -2.36. The molecule has 1 aliphatic heterocycles. The van der Waals surface area contributed by atoms with Crippen molar-refractivity contribution < 1.29 is 4.74 Å². The van der Waals surface area contributed by atoms with Gasteiger partial charge in [0.05, 0.1) is 19.3 Å². The van der Waals surface area contributed by atoms with Crippen molar-refractivity contribution in [1.29, 1.82) is 0 Å². The van der Waals surface area contributed by atoms with E-state index in [0.29, 0.717) is 6.04 Å². The van der Waals surface area contributed by atoms with Gasteiger partial charge >= 0.3 is 0 Å². The van der Waals surface area contributed by atoms with Gasteiger partial charge < -0.3 is 19.5 Å². The number of morpholine rings is 1. The van der Waals surface area contributed by atoms with Gasteiger partial charge in [-0.15, -0.1) is 0 Å². The van der Waals surface area contributed by atoms with Crippen LogP contribution in [0.3, 0.4) is 0 Å². The third kappa shape index (κ3) is 2.45. The van der Waals surface area contributed by atoms with E-state index in [1.54, 1.807) is 0 Å². The molecule has 3 rings (SSSR count). The first-order chi connectivity index (χ1) is 8.34. The van der Waals surface area contributed by atoms with Crippen LogP contribution < -0.4 is 10.2 Å². The number of rotatable bonds is 4. The molecule has 1 saturated carbocycles. The Morgan fingerprint density at radius 2 is 2.41 bits per heavy atom. The predicted molar refractivity (Wildman–Crippen MR) is 66.2 cm³/mol. The van der Waals surface area contributed by atoms with Crippen LogP contribution in [-0.2, 0) is 11.8 Å². The summed E-state index contributed by atoms with van der Waals surface area (Å²) in [5.41, 5.74) is 0. The highest BCUT2D eigenvalue weighted by atomic mass is 16.5. The second-order valence-corrected chi connectivity index (χ2v) is 4.94. The summed E-state index contributed by atoms with van der Waals surface area (Å²) >= 11 is 0. The molecular formula is C12H20N4O. The molecule has 1 unspecified atom stereocenters. The van der Waals surface area contributed by atoms with Gasteiger partial charge in [0, 0.05) is 38.6 Å². The largest absolute Gasteiger partial charge is 0.377 e. The SMILES string of the molecule is Cn1ccnc1N1CCOCC1CNC1CC1. The molecule has 2 fully saturated rings. The van der Waals surface area contributed by atoms with Gasteiger partial charge in [0.2, 0.25) is 5.95 Å². The zero-order chi connectivity index (χ0) is 11.7. The van der Waals surface area contributed by atoms with Gasteiger partial charge in [0.25, 0.3) is 0 Å². The number of hydrogen-bond acceptors (Lipinski definition) is 4. The van der Waals surface area contributed by atoms with Crippen LogP contribution in [0.5, 0.6) is 0 Å². The number of ether oxygens (including phenoxy) is 1. The van der Waals surface area contributed by atoms with Crippen molar-refractivity contribution in [3.8, 4) is 0 Å². The Kier molecular flexibility index (Phi) is 3.03. The maximum atomic E-state index is 5.58. The molecular weight excluding hydrogens is 216 g/mol. The topological polar surface area (TPSA) is 42.3 Å². The number of aromatic nitrogens is 2. The second kappa shape index (κ2) is 4.66. The highest BCUT2D eigenvalue weighted by Crippen LogP contribution is 2.20. The normalized spacial score (nSPS) is 25.2. The van der Waals surface area contributed by atoms with Gasteiger partial charge in [-0.25, -0.2) is 4.98 Å². The van der Waals surface area contributed by atoms with E-state index in [1.807, 2.05) is 19.4 Å². The lowest BCUT2D eigenvalue weighted by atomic mass is 10.2. The first-order valence-electron chi connectivity index (χ1n) is 6.39. The number of nitrogens with one attached hydrogen (secondary N) is 1. The monoisotopic (exact) mass is 236 g/mol. The lowest BCUT2D eigenvalue weighted by Crippen LogP contribution is -2.51. The maximum absolute atomic E-state index is 5.58. The Morgan fingerprint density at radius 1 is 1.53 bits per heavy atom. The lowest BCUT2D eigenvalue weighted by molar-refractivity contribution is 0.0925. The number of nitrogens with zero attached hydrogens (tertiary/aromatic N) is 3. The van der Waals surface area contributed by atoms with Crippen LogP contribution in [0.4, 0.5) is 5.95 Å². The molecule has 0 bridgehead atoms. The van der Waals surface area contributed by atoms with Crippen LogP contribution in [0.1, 0.15) is 12.8 Å². The van der Waals surface area contributed by atoms with Crippen LogP contribution in [0.2, 0.25) is 0 Å². The Bertz CT molecular complexity index is 374. The predicted octanol–water partition coefficient (Wildman–Crippen LogP) is 0.377. The summed E-state index contributed by atoms with van der Waals surface area (Å²) in [5, 5.41) is 3.58. The summed E-state index contributed by atoms with van der Waals surface area (Å²) in [5.74, 6) is 1.05. The fraction of sp³-hybridized carbons (Fsp3) is 0.750. The van der Waals surface area contributed by atoms with Crippen molar-refractivity contribution in [1.82, 2.24) is 14.9 Å². The Balaban J connectivity index is 1.68. The molecule has 0 spiro atoms. The number of imidazole rings is 1. The molecule has 5 nitrogen and oxygen atoms in total. The van der Waals surface area contributed by atoms with E-state index in [9.17, 15) is 0 Å². The molecule has 1 aromatic rings. The van der Waals surface area contributed by atoms with E-state index in [4.69, 9.17) is 4.74 Å². The van der Waals surface area contributed by atoms with Gasteiger partial charge in [0.1, 0.15) is 0 Å². The average molecular weight is 236 g/mol. The summed E-state index contributed by atoms with van der Waals surface area (Å²) < 4.78 is 7.66. The zero-order valence-corrected chi connectivity index (χ0v) is 10.3. The minimum Gasteiger partial charge on any atom is -0.377 e. The third-order valence-corrected chi connectivity index (χ3v) is 3.50. The van der Waals surface area contributed by atoms with Crippen molar-refractivity contribution in [2.45, 2.75) is 24.9 Å². The molecule has 0 amide bonds. The van der Waals surface area contributed by atoms with Crippen molar-refractivity contribution in [3.05, 3.63) is 12.4 Å². The molecule has 0 aromatic carbocycles. The maximum Gasteiger partial charge on any atom is 0.205 e. The number of aryl methyl sites for hydroxylation is 1. The molecule has 17 heavy (non-hydrogen) atoms. The number of anilines is 1. The highest BCUT2D eigenvalue weighted by Gasteiger charge is 2.28. The summed E-state index contributed by atoms with van der Waals surface area (Å²) in [4.78, 5) is 6.80. The molecule has 1 N–H and O–H groups in total. The van der Waals surface area contributed by atoms with Gasteiger partial charge in [-0.1, -0.05) is 0 Å². The van der Waals surface area contributed by atoms with Crippen molar-refractivity contribution in [2.24, 2.45) is 7.05 Å². The molecule has 1 atom stereocenters. The molecule has 94 valence electrons. The fourth-order valence-corrected chi connectivity index (χ4v) is 2.31. The van der Waals surface area contributed by atoms with E-state index in [2.05, 4.69) is 19.8 Å². The van der Waals surface area contributed by atoms with Gasteiger partial charge in [0.15, 0.2) is 0 Å². The van der Waals surface area contributed by atoms with Crippen LogP contribution in [0.15, 0.2) is 12.4 Å². The quantitative estimate of drug-likeness (QED) is 0.820. The van der Waals surface area contributed by atoms with E-state index in [1.165, 1.54) is 12.8 Å². The summed E-state index contributed by atoms with van der Waals surface area (Å²) in [6, 6.07) is 1.16. The standard InChI is InChI=1S/C12H20N4O/c1-15-5-4-13-12(15)16-6-7-17-9-11(16)8-14-10-2-3-10/h4-5,10-11,14H,2-3,6-9H2,1H3. The Morgan fingerprint density at radius 3 is 3.12 bits per heavy atom. The average Bonchev–Trinajstić information content (AvgIpc) is 3.09. The van der Waals surface area contributed by atoms with Gasteiger partial charge in [-0.3, -0.25) is 0 Å². The Labute approximate surface area is 102 Å². The minimum atomic E-state index is 0.408. The molecule has 1 aromatic heterocycles. The molecule has 2 aliphatic rings. The highest BCUT2D eigenvalue weighted by molar-refractivity contribution is 5.33. The Hall–Kier alpha value is -1.07. The van der Waals surface area contributed by atoms with Crippen molar-refractivity contribution in [2.75, 3.05) is 31.2 Å². The second-order valence-electron chi connectivity index (χ2n) is 4.94. The molecule has 5 heteroatoms. The summed E-state index contributed by atoms with van der Waals surface area (Å²) in [6.45, 7) is 3.53. The van der Waals surface area contributed by atoms with E-state index in [-0.39, 0.29) is 0 Å². The van der Waals surface area contributed by atoms with Gasteiger partial charge in [-0.05, 0) is 12.8 Å². The first kappa shape index (κ1) is 11.0. The van der Waals surface area contributed by atoms with E-state index in [0.717, 1.165) is 38.3 Å². The summed E-state index contributed by atoms with van der Waals surface area (Å²) in [7, 11) is 2.04. The molecule has 1 saturated heterocycles. The number of hydrogen-bond donors (Lipinski definition) is 1. The van der Waals surface area contributed by atoms with E-state index < -0.39 is 0 Å². The van der Waals surface area contributed by atoms with Crippen molar-refractivity contribution in [3.63, 3.8) is 0 Å². The smallest absolute Gasteiger partial charge is 0.205 e. The van der Waals surface area contributed by atoms with Gasteiger partial charge in [-0.2, -0.15) is 0 Å². The fourth-order valence-electron chi connectivity index (χ4n) is 2.31. The summed E-state index contributed by atoms with van der Waals surface area (Å²) in [6.07, 6.45) is 6.51. The minimum absolute atomic E-state index is 0.408. The molecule has 0 radical (unpaired) electrons. The zero-order valence-electron chi connectivity index (χ0n) is 10.3. The van der Waals surface area contributed by atoms with Crippen LogP contribution in [0, 0.1) is 0 Å². The molecule has 1 aliphatic carbocycles. The molecule has 2 heterocycles. The van der Waals surface area contributed by atoms with Crippen LogP contribution in [-0.4, -0.2) is 47.9 Å². The first-order valence-corrected chi connectivity index (χ1v) is 6.39. The third-order valence-electron chi connectivity index (χ3n) is 3.50. The van der Waals surface area contributed by atoms with Crippen LogP contribution >= 0.6 is 0 Å². The van der Waals surface area contributed by atoms with Crippen LogP contribution in [0.25, 0.3) is 0 Å². The van der Waals surface area contributed by atoms with E-state index >= 15 is 0 Å².